The van der Waals surface area contributed by atoms with E-state index in [1.54, 1.807) is 41.5 Å². The monoisotopic (exact) mass is 376 g/mol. The molecule has 1 fully saturated rings. The van der Waals surface area contributed by atoms with Gasteiger partial charge in [0, 0.05) is 6.61 Å². The number of hydrogen-bond acceptors (Lipinski definition) is 5. The van der Waals surface area contributed by atoms with Gasteiger partial charge in [0.15, 0.2) is 5.41 Å². The highest BCUT2D eigenvalue weighted by molar-refractivity contribution is 6.04. The Morgan fingerprint density at radius 2 is 1.48 bits per heavy atom. The zero-order valence-electron chi connectivity index (χ0n) is 17.3. The molecule has 1 aliphatic rings. The Bertz CT molecular complexity index is 624. The van der Waals surface area contributed by atoms with Gasteiger partial charge in [0.05, 0.1) is 6.61 Å². The van der Waals surface area contributed by atoms with Crippen LogP contribution < -0.4 is 0 Å². The molecule has 1 aliphatic carbocycles. The van der Waals surface area contributed by atoms with Gasteiger partial charge < -0.3 is 14.2 Å². The molecule has 0 amide bonds. The Hall–Kier alpha value is -1.88. The second-order valence-corrected chi connectivity index (χ2v) is 9.20. The highest BCUT2D eigenvalue weighted by Gasteiger charge is 2.68. The SMILES string of the molecule is CC(C)(C)OC(=O)C1(C(=O)OC(C)(C)C)C[C@@H]1CCOCc1ccccc1. The van der Waals surface area contributed by atoms with Crippen LogP contribution in [-0.4, -0.2) is 29.7 Å². The van der Waals surface area contributed by atoms with Gasteiger partial charge in [0.25, 0.3) is 0 Å². The fourth-order valence-corrected chi connectivity index (χ4v) is 2.99. The largest absolute Gasteiger partial charge is 0.459 e. The van der Waals surface area contributed by atoms with E-state index in [9.17, 15) is 9.59 Å². The molecule has 0 spiro atoms. The summed E-state index contributed by atoms with van der Waals surface area (Å²) in [5.41, 5.74) is -1.40. The van der Waals surface area contributed by atoms with E-state index in [0.717, 1.165) is 5.56 Å². The van der Waals surface area contributed by atoms with E-state index >= 15 is 0 Å². The van der Waals surface area contributed by atoms with Gasteiger partial charge in [0.2, 0.25) is 0 Å². The molecule has 1 atom stereocenters. The molecule has 5 heteroatoms. The van der Waals surface area contributed by atoms with Crippen molar-refractivity contribution in [2.75, 3.05) is 6.61 Å². The van der Waals surface area contributed by atoms with Gasteiger partial charge in [-0.3, -0.25) is 9.59 Å². The zero-order valence-corrected chi connectivity index (χ0v) is 17.3. The fraction of sp³-hybridized carbons (Fsp3) is 0.636. The Kier molecular flexibility index (Phi) is 6.35. The first kappa shape index (κ1) is 21.4. The molecule has 1 aromatic rings. The molecule has 150 valence electrons. The minimum atomic E-state index is -1.20. The molecule has 0 aliphatic heterocycles. The molecule has 0 heterocycles. The Labute approximate surface area is 162 Å². The quantitative estimate of drug-likeness (QED) is 0.404. The molecule has 2 rings (SSSR count). The van der Waals surface area contributed by atoms with Crippen molar-refractivity contribution >= 4 is 11.9 Å². The van der Waals surface area contributed by atoms with E-state index in [2.05, 4.69) is 0 Å². The third kappa shape index (κ3) is 6.06. The Morgan fingerprint density at radius 1 is 0.963 bits per heavy atom. The highest BCUT2D eigenvalue weighted by Crippen LogP contribution is 2.57. The molecule has 0 unspecified atom stereocenters. The number of hydrogen-bond donors (Lipinski definition) is 0. The summed E-state index contributed by atoms with van der Waals surface area (Å²) in [6.07, 6.45) is 1.07. The summed E-state index contributed by atoms with van der Waals surface area (Å²) in [5.74, 6) is -1.09. The molecule has 0 radical (unpaired) electrons. The molecule has 0 saturated heterocycles. The number of benzene rings is 1. The van der Waals surface area contributed by atoms with Crippen molar-refractivity contribution in [1.29, 1.82) is 0 Å². The highest BCUT2D eigenvalue weighted by atomic mass is 16.6. The topological polar surface area (TPSA) is 61.8 Å². The molecular weight excluding hydrogens is 344 g/mol. The van der Waals surface area contributed by atoms with E-state index in [4.69, 9.17) is 14.2 Å². The normalized spacial score (nSPS) is 18.7. The summed E-state index contributed by atoms with van der Waals surface area (Å²) in [7, 11) is 0. The summed E-state index contributed by atoms with van der Waals surface area (Å²) in [4.78, 5) is 25.5. The van der Waals surface area contributed by atoms with E-state index in [-0.39, 0.29) is 5.92 Å². The van der Waals surface area contributed by atoms with Gasteiger partial charge in [-0.15, -0.1) is 0 Å². The van der Waals surface area contributed by atoms with Crippen molar-refractivity contribution in [2.45, 2.75) is 72.2 Å². The van der Waals surface area contributed by atoms with Crippen molar-refractivity contribution in [1.82, 2.24) is 0 Å². The van der Waals surface area contributed by atoms with Crippen LogP contribution in [0.25, 0.3) is 0 Å². The van der Waals surface area contributed by atoms with Crippen molar-refractivity contribution in [3.8, 4) is 0 Å². The number of ether oxygens (including phenoxy) is 3. The standard InChI is InChI=1S/C22H32O5/c1-20(2,3)26-18(23)22(19(24)27-21(4,5)6)14-17(22)12-13-25-15-16-10-8-7-9-11-16/h7-11,17H,12-15H2,1-6H3/t17-/m0/s1. The minimum Gasteiger partial charge on any atom is -0.459 e. The lowest BCUT2D eigenvalue weighted by molar-refractivity contribution is -0.178. The average Bonchev–Trinajstić information content (AvgIpc) is 3.25. The van der Waals surface area contributed by atoms with Crippen molar-refractivity contribution in [2.24, 2.45) is 11.3 Å². The van der Waals surface area contributed by atoms with Crippen LogP contribution in [0.15, 0.2) is 30.3 Å². The predicted octanol–water partition coefficient (Wildman–Crippen LogP) is 4.28. The molecule has 0 N–H and O–H groups in total. The summed E-state index contributed by atoms with van der Waals surface area (Å²) in [6.45, 7) is 11.8. The molecule has 1 saturated carbocycles. The lowest BCUT2D eigenvalue weighted by Gasteiger charge is -2.27. The third-order valence-electron chi connectivity index (χ3n) is 4.35. The second-order valence-electron chi connectivity index (χ2n) is 9.20. The second kappa shape index (κ2) is 8.01. The summed E-state index contributed by atoms with van der Waals surface area (Å²) >= 11 is 0. The lowest BCUT2D eigenvalue weighted by atomic mass is 10.0. The van der Waals surface area contributed by atoms with Gasteiger partial charge in [-0.25, -0.2) is 0 Å². The smallest absolute Gasteiger partial charge is 0.324 e. The van der Waals surface area contributed by atoms with Gasteiger partial charge in [-0.2, -0.15) is 0 Å². The van der Waals surface area contributed by atoms with Crippen LogP contribution in [0.3, 0.4) is 0 Å². The maximum Gasteiger partial charge on any atom is 0.324 e. The molecule has 5 nitrogen and oxygen atoms in total. The van der Waals surface area contributed by atoms with Crippen molar-refractivity contribution in [3.05, 3.63) is 35.9 Å². The van der Waals surface area contributed by atoms with Crippen LogP contribution in [0, 0.1) is 11.3 Å². The van der Waals surface area contributed by atoms with E-state index < -0.39 is 28.6 Å². The number of carbonyl (C=O) groups excluding carboxylic acids is 2. The summed E-state index contributed by atoms with van der Waals surface area (Å²) in [6, 6.07) is 9.90. The first-order chi connectivity index (χ1) is 12.4. The van der Waals surface area contributed by atoms with E-state index in [1.807, 2.05) is 30.3 Å². The van der Waals surface area contributed by atoms with Crippen LogP contribution in [-0.2, 0) is 30.4 Å². The van der Waals surface area contributed by atoms with E-state index in [0.29, 0.717) is 26.1 Å². The average molecular weight is 376 g/mol. The van der Waals surface area contributed by atoms with Gasteiger partial charge >= 0.3 is 11.9 Å². The third-order valence-corrected chi connectivity index (χ3v) is 4.35. The number of rotatable bonds is 7. The number of esters is 2. The first-order valence-electron chi connectivity index (χ1n) is 9.53. The fourth-order valence-electron chi connectivity index (χ4n) is 2.99. The van der Waals surface area contributed by atoms with E-state index in [1.165, 1.54) is 0 Å². The van der Waals surface area contributed by atoms with Gasteiger partial charge in [-0.1, -0.05) is 30.3 Å². The summed E-state index contributed by atoms with van der Waals surface area (Å²) < 4.78 is 16.8. The van der Waals surface area contributed by atoms with Crippen LogP contribution in [0.4, 0.5) is 0 Å². The van der Waals surface area contributed by atoms with Crippen molar-refractivity contribution in [3.63, 3.8) is 0 Å². The van der Waals surface area contributed by atoms with Gasteiger partial charge in [-0.05, 0) is 65.9 Å². The first-order valence-corrected chi connectivity index (χ1v) is 9.53. The Morgan fingerprint density at radius 3 is 1.96 bits per heavy atom. The van der Waals surface area contributed by atoms with Crippen molar-refractivity contribution < 1.29 is 23.8 Å². The predicted molar refractivity (Wildman–Crippen MR) is 103 cm³/mol. The van der Waals surface area contributed by atoms with Crippen LogP contribution in [0.5, 0.6) is 0 Å². The van der Waals surface area contributed by atoms with Crippen LogP contribution >= 0.6 is 0 Å². The molecular formula is C22H32O5. The molecule has 0 aromatic heterocycles. The number of carbonyl (C=O) groups is 2. The molecule has 27 heavy (non-hydrogen) atoms. The molecule has 0 bridgehead atoms. The van der Waals surface area contributed by atoms with Crippen LogP contribution in [0.1, 0.15) is 59.9 Å². The summed E-state index contributed by atoms with van der Waals surface area (Å²) in [5, 5.41) is 0. The zero-order chi connectivity index (χ0) is 20.3. The lowest BCUT2D eigenvalue weighted by Crippen LogP contribution is -2.39. The minimum absolute atomic E-state index is 0.113. The molecule has 1 aromatic carbocycles. The van der Waals surface area contributed by atoms with Gasteiger partial charge in [0.1, 0.15) is 11.2 Å². The van der Waals surface area contributed by atoms with Crippen LogP contribution in [0.2, 0.25) is 0 Å². The maximum atomic E-state index is 12.8. The maximum absolute atomic E-state index is 12.8. The Balaban J connectivity index is 1.96.